The number of nitrogens with zero attached hydrogens (tertiary/aromatic N) is 1. The van der Waals surface area contributed by atoms with Crippen LogP contribution in [-0.4, -0.2) is 108 Å². The van der Waals surface area contributed by atoms with Crippen LogP contribution in [0.3, 0.4) is 0 Å². The van der Waals surface area contributed by atoms with Gasteiger partial charge in [-0.1, -0.05) is 235 Å². The molecule has 2 saturated heterocycles. The monoisotopic (exact) mass is 943 g/mol. The van der Waals surface area contributed by atoms with Crippen molar-refractivity contribution in [3.63, 3.8) is 0 Å². The van der Waals surface area contributed by atoms with Crippen LogP contribution in [0.1, 0.15) is 274 Å². The Morgan fingerprint density at radius 2 is 0.924 bits per heavy atom. The fraction of sp³-hybridized carbons (Fsp3) is 0.964. The van der Waals surface area contributed by atoms with Gasteiger partial charge >= 0.3 is 11.9 Å². The van der Waals surface area contributed by atoms with Crippen LogP contribution in [0.2, 0.25) is 0 Å². The first kappa shape index (κ1) is 66.8. The van der Waals surface area contributed by atoms with E-state index in [0.717, 1.165) is 64.2 Å². The third-order valence-electron chi connectivity index (χ3n) is 13.3. The summed E-state index contributed by atoms with van der Waals surface area (Å²) in [5.41, 5.74) is 0. The predicted molar refractivity (Wildman–Crippen MR) is 279 cm³/mol. The van der Waals surface area contributed by atoms with Crippen molar-refractivity contribution < 1.29 is 39.1 Å². The zero-order valence-corrected chi connectivity index (χ0v) is 42.5. The molecule has 2 rings (SSSR count). The highest BCUT2D eigenvalue weighted by molar-refractivity contribution is 5.77. The molecule has 2 fully saturated rings. The number of cyclic esters (lactones) is 2. The standard InChI is InChI=1S/C39H77NO5.C15H29NO3.2CH4/c1-4-7-10-13-16-19-22-25-28-35(41)31-40-32-37(30-27-24-21-18-15-12-9-6-3)45-39(43)38(40)34-44-33-36(42)29-26-23-20-17-14-11-8-5-2;1-2-3-4-5-6-7-8-9-10-13-11-16-14(12-17)15(18)19-13;;/h35-38,41-42H,4-34H2,1-3H3;13-14,16-17H,2-12H2,1H3;2*1H4. The second kappa shape index (κ2) is 48.7. The van der Waals surface area contributed by atoms with Crippen LogP contribution in [0.4, 0.5) is 0 Å². The zero-order chi connectivity index (χ0) is 46.7. The molecule has 4 N–H and O–H groups in total. The van der Waals surface area contributed by atoms with Crippen molar-refractivity contribution >= 4 is 11.9 Å². The van der Waals surface area contributed by atoms with Crippen molar-refractivity contribution in [2.75, 3.05) is 39.5 Å². The summed E-state index contributed by atoms with van der Waals surface area (Å²) in [7, 11) is 0. The van der Waals surface area contributed by atoms with Gasteiger partial charge in [-0.15, -0.1) is 0 Å². The van der Waals surface area contributed by atoms with Gasteiger partial charge in [0, 0.05) is 19.6 Å². The molecule has 0 radical (unpaired) electrons. The first-order valence-corrected chi connectivity index (χ1v) is 27.7. The number of esters is 2. The number of carbonyl (C=O) groups is 2. The smallest absolute Gasteiger partial charge is 0.326 e. The van der Waals surface area contributed by atoms with E-state index in [1.54, 1.807) is 0 Å². The van der Waals surface area contributed by atoms with Crippen molar-refractivity contribution in [1.29, 1.82) is 0 Å². The Kier molecular flexibility index (Phi) is 49.3. The number of rotatable bonds is 43. The molecule has 2 heterocycles. The number of aliphatic hydroxyl groups is 3. The second-order valence-electron chi connectivity index (χ2n) is 19.6. The molecule has 10 nitrogen and oxygen atoms in total. The predicted octanol–water partition coefficient (Wildman–Crippen LogP) is 13.6. The molecule has 0 saturated carbocycles. The molecule has 0 aromatic carbocycles. The summed E-state index contributed by atoms with van der Waals surface area (Å²) in [6.45, 7) is 11.1. The van der Waals surface area contributed by atoms with Crippen molar-refractivity contribution in [3.05, 3.63) is 0 Å². The van der Waals surface area contributed by atoms with Gasteiger partial charge in [0.25, 0.3) is 0 Å². The molecular weight excluding hydrogens is 829 g/mol. The summed E-state index contributed by atoms with van der Waals surface area (Å²) < 4.78 is 17.1. The number of aliphatic hydroxyl groups excluding tert-OH is 3. The highest BCUT2D eigenvalue weighted by Gasteiger charge is 2.37. The Morgan fingerprint density at radius 1 is 0.545 bits per heavy atom. The van der Waals surface area contributed by atoms with Crippen LogP contribution in [0.5, 0.6) is 0 Å². The van der Waals surface area contributed by atoms with E-state index in [9.17, 15) is 19.8 Å². The van der Waals surface area contributed by atoms with Crippen molar-refractivity contribution in [2.45, 2.75) is 310 Å². The van der Waals surface area contributed by atoms with E-state index < -0.39 is 24.3 Å². The lowest BCUT2D eigenvalue weighted by Crippen LogP contribution is -2.56. The molecule has 396 valence electrons. The molecule has 0 aliphatic carbocycles. The van der Waals surface area contributed by atoms with Gasteiger partial charge < -0.3 is 29.5 Å². The van der Waals surface area contributed by atoms with E-state index in [1.807, 2.05) is 0 Å². The molecule has 0 aromatic rings. The minimum atomic E-state index is -0.519. The number of hydrogen-bond donors (Lipinski definition) is 4. The van der Waals surface area contributed by atoms with Gasteiger partial charge in [0.05, 0.1) is 32.0 Å². The van der Waals surface area contributed by atoms with E-state index in [2.05, 4.69) is 37.9 Å². The number of carbonyl (C=O) groups excluding carboxylic acids is 2. The topological polar surface area (TPSA) is 138 Å². The van der Waals surface area contributed by atoms with Crippen LogP contribution in [-0.2, 0) is 23.8 Å². The minimum absolute atomic E-state index is 0. The van der Waals surface area contributed by atoms with Gasteiger partial charge in [0.15, 0.2) is 0 Å². The first-order chi connectivity index (χ1) is 31.3. The van der Waals surface area contributed by atoms with Crippen molar-refractivity contribution in [1.82, 2.24) is 10.2 Å². The molecule has 2 aliphatic rings. The highest BCUT2D eigenvalue weighted by atomic mass is 16.6. The molecule has 0 aromatic heterocycles. The maximum atomic E-state index is 13.2. The van der Waals surface area contributed by atoms with E-state index in [4.69, 9.17) is 19.3 Å². The lowest BCUT2D eigenvalue weighted by Gasteiger charge is -2.39. The fourth-order valence-electron chi connectivity index (χ4n) is 9.09. The van der Waals surface area contributed by atoms with Crippen molar-refractivity contribution in [3.8, 4) is 0 Å². The maximum Gasteiger partial charge on any atom is 0.326 e. The van der Waals surface area contributed by atoms with Crippen LogP contribution >= 0.6 is 0 Å². The fourth-order valence-corrected chi connectivity index (χ4v) is 9.09. The Morgan fingerprint density at radius 3 is 1.35 bits per heavy atom. The molecule has 0 spiro atoms. The average molecular weight is 944 g/mol. The van der Waals surface area contributed by atoms with Crippen LogP contribution < -0.4 is 5.32 Å². The molecule has 6 unspecified atom stereocenters. The molecule has 66 heavy (non-hydrogen) atoms. The third-order valence-corrected chi connectivity index (χ3v) is 13.3. The summed E-state index contributed by atoms with van der Waals surface area (Å²) in [5.74, 6) is -0.541. The van der Waals surface area contributed by atoms with Gasteiger partial charge in [-0.3, -0.25) is 19.8 Å². The van der Waals surface area contributed by atoms with Gasteiger partial charge in [0.1, 0.15) is 24.3 Å². The second-order valence-corrected chi connectivity index (χ2v) is 19.6. The summed E-state index contributed by atoms with van der Waals surface area (Å²) >= 11 is 0. The summed E-state index contributed by atoms with van der Waals surface area (Å²) in [4.78, 5) is 26.7. The van der Waals surface area contributed by atoms with E-state index in [-0.39, 0.29) is 58.8 Å². The Balaban J connectivity index is 0. The maximum absolute atomic E-state index is 13.2. The molecule has 6 atom stereocenters. The number of β-amino-alcohol motifs (C(OH)–C–C–N with tert-alkyl or cyclic N) is 1. The molecule has 0 amide bonds. The number of nitrogens with one attached hydrogen (secondary N) is 1. The van der Waals surface area contributed by atoms with Gasteiger partial charge in [-0.2, -0.15) is 0 Å². The number of hydrogen-bond acceptors (Lipinski definition) is 10. The number of unbranched alkanes of at least 4 members (excludes halogenated alkanes) is 28. The Bertz CT molecular complexity index is 1030. The van der Waals surface area contributed by atoms with Crippen LogP contribution in [0, 0.1) is 0 Å². The number of morpholine rings is 2. The quantitative estimate of drug-likeness (QED) is 0.0345. The Hall–Kier alpha value is -1.30. The normalized spacial score (nSPS) is 19.5. The zero-order valence-electron chi connectivity index (χ0n) is 42.5. The lowest BCUT2D eigenvalue weighted by atomic mass is 10.0. The van der Waals surface area contributed by atoms with Crippen LogP contribution in [0.25, 0.3) is 0 Å². The molecule has 2 aliphatic heterocycles. The van der Waals surface area contributed by atoms with Crippen molar-refractivity contribution in [2.24, 2.45) is 0 Å². The Labute approximate surface area is 409 Å². The van der Waals surface area contributed by atoms with E-state index >= 15 is 0 Å². The highest BCUT2D eigenvalue weighted by Crippen LogP contribution is 2.22. The SMILES string of the molecule is C.C.CCCCCCCCCCC(O)COCC1C(=O)OC(CCCCCCCCCC)CN1CC(O)CCCCCCCCCC.CCCCCCCCCCC1CNC(CO)C(=O)O1. The van der Waals surface area contributed by atoms with Gasteiger partial charge in [-0.05, 0) is 38.5 Å². The summed E-state index contributed by atoms with van der Waals surface area (Å²) in [5, 5.41) is 33.4. The van der Waals surface area contributed by atoms with Gasteiger partial charge in [-0.25, -0.2) is 0 Å². The third kappa shape index (κ3) is 37.6. The summed E-state index contributed by atoms with van der Waals surface area (Å²) in [6, 6.07) is -1.03. The summed E-state index contributed by atoms with van der Waals surface area (Å²) in [6.07, 6.45) is 42.7. The minimum Gasteiger partial charge on any atom is -0.460 e. The van der Waals surface area contributed by atoms with E-state index in [0.29, 0.717) is 19.6 Å². The van der Waals surface area contributed by atoms with Gasteiger partial charge in [0.2, 0.25) is 0 Å². The number of ether oxygens (including phenoxy) is 3. The average Bonchev–Trinajstić information content (AvgIpc) is 3.28. The first-order valence-electron chi connectivity index (χ1n) is 27.7. The molecular formula is C56H114N2O8. The van der Waals surface area contributed by atoms with Crippen LogP contribution in [0.15, 0.2) is 0 Å². The van der Waals surface area contributed by atoms with E-state index in [1.165, 1.54) is 167 Å². The molecule has 10 heteroatoms. The largest absolute Gasteiger partial charge is 0.460 e. The lowest BCUT2D eigenvalue weighted by molar-refractivity contribution is -0.172. The molecule has 0 bridgehead atoms.